The van der Waals surface area contributed by atoms with Gasteiger partial charge in [-0.2, -0.15) is 16.8 Å². The van der Waals surface area contributed by atoms with E-state index in [0.717, 1.165) is 0 Å². The molecule has 1 N–H and O–H groups in total. The average Bonchev–Trinajstić information content (AvgIpc) is 2.05. The molecule has 0 aliphatic carbocycles. The van der Waals surface area contributed by atoms with E-state index < -0.39 is 26.4 Å². The number of hydrogen-bond donors (Lipinski definition) is 1. The second-order valence-corrected chi connectivity index (χ2v) is 4.77. The third kappa shape index (κ3) is 4.68. The van der Waals surface area contributed by atoms with E-state index in [1.165, 1.54) is 24.3 Å². The predicted octanol–water partition coefficient (Wildman–Crippen LogP) is 0.769. The third-order valence-electron chi connectivity index (χ3n) is 1.47. The van der Waals surface area contributed by atoms with Gasteiger partial charge in [-0.05, 0) is 17.7 Å². The third-order valence-corrected chi connectivity index (χ3v) is 2.52. The van der Waals surface area contributed by atoms with Crippen molar-refractivity contribution in [3.63, 3.8) is 0 Å². The molecule has 6 nitrogen and oxygen atoms in total. The van der Waals surface area contributed by atoms with Crippen molar-refractivity contribution in [2.24, 2.45) is 4.36 Å². The molecule has 0 bridgehead atoms. The fourth-order valence-electron chi connectivity index (χ4n) is 0.950. The predicted molar refractivity (Wildman–Crippen MR) is 52.7 cm³/mol. The Morgan fingerprint density at radius 2 is 1.73 bits per heavy atom. The minimum atomic E-state index is -4.07. The van der Waals surface area contributed by atoms with E-state index >= 15 is 0 Å². The van der Waals surface area contributed by atoms with Gasteiger partial charge < -0.3 is 0 Å². The van der Waals surface area contributed by atoms with Crippen molar-refractivity contribution in [3.05, 3.63) is 29.8 Å². The second kappa shape index (κ2) is 4.51. The molecule has 0 aliphatic heterocycles. The standard InChI is InChI=1S/C7H7NO5S2/c9-14(10)8-7-3-1-6(2-4-7)5-15(11,12)13/h1-4H,5H2,(H,11,12,13). The minimum absolute atomic E-state index is 0.197. The Labute approximate surface area is 88.0 Å². The van der Waals surface area contributed by atoms with Crippen molar-refractivity contribution in [1.29, 1.82) is 0 Å². The Balaban J connectivity index is 2.96. The van der Waals surface area contributed by atoms with Crippen LogP contribution in [-0.4, -0.2) is 21.4 Å². The highest BCUT2D eigenvalue weighted by atomic mass is 32.2. The van der Waals surface area contributed by atoms with Gasteiger partial charge >= 0.3 is 10.5 Å². The Bertz CT molecular complexity index is 562. The summed E-state index contributed by atoms with van der Waals surface area (Å²) in [7, 11) is -6.60. The molecule has 1 aromatic carbocycles. The van der Waals surface area contributed by atoms with Crippen molar-refractivity contribution >= 4 is 26.3 Å². The van der Waals surface area contributed by atoms with E-state index in [1.807, 2.05) is 0 Å². The van der Waals surface area contributed by atoms with Crippen LogP contribution in [0.5, 0.6) is 0 Å². The molecule has 0 radical (unpaired) electrons. The van der Waals surface area contributed by atoms with E-state index in [0.29, 0.717) is 5.56 Å². The highest BCUT2D eigenvalue weighted by Gasteiger charge is 2.05. The maximum absolute atomic E-state index is 10.5. The van der Waals surface area contributed by atoms with Crippen molar-refractivity contribution in [2.45, 2.75) is 5.75 Å². The van der Waals surface area contributed by atoms with Gasteiger partial charge in [0.1, 0.15) is 5.75 Å². The van der Waals surface area contributed by atoms with E-state index in [4.69, 9.17) is 4.55 Å². The Morgan fingerprint density at radius 1 is 1.20 bits per heavy atom. The van der Waals surface area contributed by atoms with Crippen LogP contribution in [0.15, 0.2) is 28.6 Å². The molecule has 0 amide bonds. The molecular weight excluding hydrogens is 242 g/mol. The lowest BCUT2D eigenvalue weighted by Crippen LogP contribution is -2.00. The van der Waals surface area contributed by atoms with Crippen LogP contribution in [0.25, 0.3) is 0 Å². The molecule has 0 atom stereocenters. The Kier molecular flexibility index (Phi) is 3.56. The van der Waals surface area contributed by atoms with Gasteiger partial charge in [0.2, 0.25) is 0 Å². The summed E-state index contributed by atoms with van der Waals surface area (Å²) in [4.78, 5) is 0. The van der Waals surface area contributed by atoms with Crippen molar-refractivity contribution in [3.8, 4) is 0 Å². The first-order chi connectivity index (χ1) is 6.87. The van der Waals surface area contributed by atoms with Crippen LogP contribution in [0, 0.1) is 0 Å². The SMILES string of the molecule is O=S(=O)=Nc1ccc(CS(=O)(=O)O)cc1. The highest BCUT2D eigenvalue weighted by molar-refractivity contribution is 7.85. The summed E-state index contributed by atoms with van der Waals surface area (Å²) in [5.74, 6) is -0.506. The number of hydrogen-bond acceptors (Lipinski definition) is 5. The molecule has 0 spiro atoms. The fourth-order valence-corrected chi connectivity index (χ4v) is 1.86. The smallest absolute Gasteiger partial charge is 0.285 e. The zero-order valence-electron chi connectivity index (χ0n) is 7.36. The highest BCUT2D eigenvalue weighted by Crippen LogP contribution is 2.14. The molecule has 0 heterocycles. The van der Waals surface area contributed by atoms with Gasteiger partial charge in [0.15, 0.2) is 0 Å². The van der Waals surface area contributed by atoms with Crippen molar-refractivity contribution in [2.75, 3.05) is 0 Å². The molecule has 8 heteroatoms. The molecule has 0 fully saturated rings. The summed E-state index contributed by atoms with van der Waals surface area (Å²) in [6.07, 6.45) is 0. The topological polar surface area (TPSA) is 101 Å². The first kappa shape index (κ1) is 11.8. The van der Waals surface area contributed by atoms with Crippen molar-refractivity contribution in [1.82, 2.24) is 0 Å². The average molecular weight is 249 g/mol. The van der Waals surface area contributed by atoms with Gasteiger partial charge in [-0.25, -0.2) is 0 Å². The summed E-state index contributed by atoms with van der Waals surface area (Å²) in [5, 5.41) is 0. The normalized spacial score (nSPS) is 11.0. The Hall–Kier alpha value is -1.25. The zero-order valence-corrected chi connectivity index (χ0v) is 8.99. The summed E-state index contributed by atoms with van der Waals surface area (Å²) in [5.41, 5.74) is 0.551. The van der Waals surface area contributed by atoms with Gasteiger partial charge in [-0.3, -0.25) is 4.55 Å². The first-order valence-corrected chi connectivity index (χ1v) is 6.36. The molecular formula is C7H7NO5S2. The maximum atomic E-state index is 10.5. The van der Waals surface area contributed by atoms with Gasteiger partial charge in [0.25, 0.3) is 10.1 Å². The van der Waals surface area contributed by atoms with Gasteiger partial charge in [0.05, 0.1) is 5.69 Å². The molecule has 15 heavy (non-hydrogen) atoms. The summed E-state index contributed by atoms with van der Waals surface area (Å²) in [6.45, 7) is 0. The van der Waals surface area contributed by atoms with Crippen LogP contribution in [0.1, 0.15) is 5.56 Å². The van der Waals surface area contributed by atoms with E-state index in [1.54, 1.807) is 0 Å². The van der Waals surface area contributed by atoms with Gasteiger partial charge in [-0.15, -0.1) is 4.36 Å². The molecule has 1 aromatic rings. The first-order valence-electron chi connectivity index (χ1n) is 3.72. The molecule has 0 aromatic heterocycles. The van der Waals surface area contributed by atoms with E-state index in [-0.39, 0.29) is 5.69 Å². The summed E-state index contributed by atoms with van der Waals surface area (Å²) < 4.78 is 53.1. The Morgan fingerprint density at radius 3 is 2.13 bits per heavy atom. The maximum Gasteiger partial charge on any atom is 0.316 e. The molecule has 0 aliphatic rings. The van der Waals surface area contributed by atoms with Gasteiger partial charge in [-0.1, -0.05) is 12.1 Å². The largest absolute Gasteiger partial charge is 0.316 e. The second-order valence-electron chi connectivity index (χ2n) is 2.70. The van der Waals surface area contributed by atoms with E-state index in [2.05, 4.69) is 4.36 Å². The number of benzene rings is 1. The molecule has 82 valence electrons. The molecule has 0 saturated heterocycles. The van der Waals surface area contributed by atoms with Crippen LogP contribution in [-0.2, 0) is 26.4 Å². The van der Waals surface area contributed by atoms with Gasteiger partial charge in [0, 0.05) is 0 Å². The lowest BCUT2D eigenvalue weighted by atomic mass is 10.2. The quantitative estimate of drug-likeness (QED) is 0.797. The monoisotopic (exact) mass is 249 g/mol. The van der Waals surface area contributed by atoms with Crippen molar-refractivity contribution < 1.29 is 21.4 Å². The lowest BCUT2D eigenvalue weighted by molar-refractivity contribution is 0.482. The van der Waals surface area contributed by atoms with Crippen LogP contribution in [0.4, 0.5) is 5.69 Å². The molecule has 0 saturated carbocycles. The van der Waals surface area contributed by atoms with Crippen LogP contribution < -0.4 is 0 Å². The van der Waals surface area contributed by atoms with Crippen LogP contribution in [0.2, 0.25) is 0 Å². The van der Waals surface area contributed by atoms with Crippen LogP contribution in [0.3, 0.4) is 0 Å². The lowest BCUT2D eigenvalue weighted by Gasteiger charge is -1.97. The zero-order chi connectivity index (χ0) is 11.5. The summed E-state index contributed by atoms with van der Waals surface area (Å²) >= 11 is 0. The number of nitrogens with zero attached hydrogens (tertiary/aromatic N) is 1. The molecule has 0 unspecified atom stereocenters. The number of rotatable bonds is 3. The minimum Gasteiger partial charge on any atom is -0.285 e. The van der Waals surface area contributed by atoms with Crippen LogP contribution >= 0.6 is 0 Å². The fraction of sp³-hybridized carbons (Fsp3) is 0.143. The molecule has 1 rings (SSSR count). The van der Waals surface area contributed by atoms with E-state index in [9.17, 15) is 16.8 Å². The summed E-state index contributed by atoms with van der Waals surface area (Å²) in [6, 6.07) is 5.44.